The molecule has 0 saturated heterocycles. The Kier molecular flexibility index (Phi) is 5.66. The largest absolute Gasteiger partial charge is 0.507 e. The van der Waals surface area contributed by atoms with Crippen LogP contribution in [-0.4, -0.2) is 36.2 Å². The van der Waals surface area contributed by atoms with Gasteiger partial charge in [-0.15, -0.1) is 0 Å². The van der Waals surface area contributed by atoms with E-state index in [0.717, 1.165) is 18.2 Å². The lowest BCUT2D eigenvalue weighted by Gasteiger charge is -2.27. The van der Waals surface area contributed by atoms with Gasteiger partial charge in [0.1, 0.15) is 11.5 Å². The molecule has 0 heterocycles. The Hall–Kier alpha value is -2.49. The molecular formula is C20H18BrNO6S. The van der Waals surface area contributed by atoms with Gasteiger partial charge in [-0.2, -0.15) is 0 Å². The van der Waals surface area contributed by atoms with Crippen molar-refractivity contribution in [3.63, 3.8) is 0 Å². The highest BCUT2D eigenvalue weighted by atomic mass is 79.9. The van der Waals surface area contributed by atoms with Crippen molar-refractivity contribution in [1.29, 1.82) is 0 Å². The maximum atomic E-state index is 13.0. The van der Waals surface area contributed by atoms with Gasteiger partial charge in [0.2, 0.25) is 10.0 Å². The number of carbonyl (C=O) groups excluding carboxylic acids is 2. The molecule has 1 aliphatic rings. The molecule has 2 aromatic carbocycles. The number of hydrogen-bond acceptors (Lipinski definition) is 6. The fourth-order valence-electron chi connectivity index (χ4n) is 3.14. The van der Waals surface area contributed by atoms with Crippen molar-refractivity contribution in [3.05, 3.63) is 63.6 Å². The molecule has 0 aliphatic heterocycles. The first kappa shape index (κ1) is 21.2. The van der Waals surface area contributed by atoms with Gasteiger partial charge in [-0.05, 0) is 42.3 Å². The minimum absolute atomic E-state index is 0.00592. The molecule has 7 nitrogen and oxygen atoms in total. The number of Topliss-reactive ketones (excluding diaryl/α,β-unsaturated/α-hetero) is 1. The second-order valence-corrected chi connectivity index (χ2v) is 9.58. The van der Waals surface area contributed by atoms with Crippen LogP contribution in [0.5, 0.6) is 11.5 Å². The molecule has 1 atom stereocenters. The average molecular weight is 480 g/mol. The second kappa shape index (κ2) is 7.74. The fourth-order valence-corrected chi connectivity index (χ4v) is 5.10. The topological polar surface area (TPSA) is 121 Å². The zero-order valence-corrected chi connectivity index (χ0v) is 17.9. The molecule has 0 radical (unpaired) electrons. The Morgan fingerprint density at radius 1 is 1.00 bits per heavy atom. The summed E-state index contributed by atoms with van der Waals surface area (Å²) in [4.78, 5) is 25.6. The van der Waals surface area contributed by atoms with Crippen LogP contribution in [0, 0.1) is 5.92 Å². The van der Waals surface area contributed by atoms with Crippen molar-refractivity contribution < 1.29 is 28.2 Å². The summed E-state index contributed by atoms with van der Waals surface area (Å²) in [5.41, 5.74) is -0.729. The number of phenols is 2. The van der Waals surface area contributed by atoms with Gasteiger partial charge in [-0.25, -0.2) is 13.1 Å². The average Bonchev–Trinajstić information content (AvgIpc) is 2.64. The summed E-state index contributed by atoms with van der Waals surface area (Å²) in [5.74, 6) is -2.68. The van der Waals surface area contributed by atoms with Crippen LogP contribution in [0.4, 0.5) is 0 Å². The molecule has 3 N–H and O–H groups in total. The highest BCUT2D eigenvalue weighted by Gasteiger charge is 2.37. The van der Waals surface area contributed by atoms with Crippen molar-refractivity contribution in [2.24, 2.45) is 5.92 Å². The molecule has 152 valence electrons. The standard InChI is InChI=1S/C20H18BrNO6S/c1-10(2)19(22-29(27,28)12-5-3-4-11(21)8-12)13-9-16(25)17-14(23)6-7-15(24)18(17)20(13)26/h3-10,19,22-24H,1-2H3. The third-order valence-corrected chi connectivity index (χ3v) is 6.51. The Labute approximate surface area is 176 Å². The van der Waals surface area contributed by atoms with E-state index < -0.39 is 39.1 Å². The lowest BCUT2D eigenvalue weighted by atomic mass is 9.82. The summed E-state index contributed by atoms with van der Waals surface area (Å²) in [6, 6.07) is 7.27. The summed E-state index contributed by atoms with van der Waals surface area (Å²) in [6.07, 6.45) is 1.01. The summed E-state index contributed by atoms with van der Waals surface area (Å²) < 4.78 is 28.8. The van der Waals surface area contributed by atoms with Crippen molar-refractivity contribution in [3.8, 4) is 11.5 Å². The molecule has 9 heteroatoms. The summed E-state index contributed by atoms with van der Waals surface area (Å²) in [5, 5.41) is 20.0. The molecule has 0 amide bonds. The first-order valence-electron chi connectivity index (χ1n) is 8.66. The fraction of sp³-hybridized carbons (Fsp3) is 0.200. The molecule has 0 aromatic heterocycles. The van der Waals surface area contributed by atoms with Crippen LogP contribution in [0.2, 0.25) is 0 Å². The number of fused-ring (bicyclic) bond motifs is 1. The van der Waals surface area contributed by atoms with Gasteiger partial charge in [-0.3, -0.25) is 9.59 Å². The number of benzene rings is 2. The van der Waals surface area contributed by atoms with Crippen molar-refractivity contribution >= 4 is 37.5 Å². The zero-order chi connectivity index (χ0) is 21.5. The monoisotopic (exact) mass is 479 g/mol. The molecule has 29 heavy (non-hydrogen) atoms. The van der Waals surface area contributed by atoms with E-state index >= 15 is 0 Å². The number of sulfonamides is 1. The first-order valence-corrected chi connectivity index (χ1v) is 10.9. The smallest absolute Gasteiger partial charge is 0.241 e. The predicted octanol–water partition coefficient (Wildman–Crippen LogP) is 3.17. The van der Waals surface area contributed by atoms with E-state index in [0.29, 0.717) is 4.47 Å². The van der Waals surface area contributed by atoms with Gasteiger partial charge >= 0.3 is 0 Å². The number of halogens is 1. The van der Waals surface area contributed by atoms with Gasteiger partial charge in [0.05, 0.1) is 22.1 Å². The summed E-state index contributed by atoms with van der Waals surface area (Å²) in [7, 11) is -4.01. The minimum Gasteiger partial charge on any atom is -0.507 e. The Bertz CT molecular complexity index is 1150. The second-order valence-electron chi connectivity index (χ2n) is 6.95. The number of phenolic OH excluding ortho intramolecular Hbond substituents is 2. The van der Waals surface area contributed by atoms with Crippen molar-refractivity contribution in [1.82, 2.24) is 4.72 Å². The van der Waals surface area contributed by atoms with E-state index in [1.165, 1.54) is 12.1 Å². The van der Waals surface area contributed by atoms with E-state index in [2.05, 4.69) is 20.7 Å². The maximum Gasteiger partial charge on any atom is 0.241 e. The van der Waals surface area contributed by atoms with Crippen LogP contribution in [0.15, 0.2) is 57.4 Å². The molecule has 0 bridgehead atoms. The Balaban J connectivity index is 2.06. The highest BCUT2D eigenvalue weighted by molar-refractivity contribution is 9.10. The number of nitrogens with one attached hydrogen (secondary N) is 1. The quantitative estimate of drug-likeness (QED) is 0.566. The molecule has 3 rings (SSSR count). The summed E-state index contributed by atoms with van der Waals surface area (Å²) >= 11 is 3.22. The molecular weight excluding hydrogens is 462 g/mol. The third kappa shape index (κ3) is 3.98. The zero-order valence-electron chi connectivity index (χ0n) is 15.5. The molecule has 1 unspecified atom stereocenters. The number of rotatable bonds is 5. The predicted molar refractivity (Wildman–Crippen MR) is 110 cm³/mol. The number of hydrogen-bond donors (Lipinski definition) is 3. The van der Waals surface area contributed by atoms with E-state index in [4.69, 9.17) is 0 Å². The van der Waals surface area contributed by atoms with E-state index in [1.807, 2.05) is 0 Å². The molecule has 1 aliphatic carbocycles. The van der Waals surface area contributed by atoms with Crippen molar-refractivity contribution in [2.45, 2.75) is 24.8 Å². The maximum absolute atomic E-state index is 13.0. The number of allylic oxidation sites excluding steroid dienone is 1. The lowest BCUT2D eigenvalue weighted by Crippen LogP contribution is -2.43. The van der Waals surface area contributed by atoms with Crippen LogP contribution in [0.25, 0.3) is 0 Å². The number of ketones is 2. The van der Waals surface area contributed by atoms with Crippen molar-refractivity contribution in [2.75, 3.05) is 0 Å². The van der Waals surface area contributed by atoms with Crippen LogP contribution in [0.1, 0.15) is 34.6 Å². The van der Waals surface area contributed by atoms with Gasteiger partial charge in [-0.1, -0.05) is 35.8 Å². The molecule has 2 aromatic rings. The van der Waals surface area contributed by atoms with Gasteiger partial charge in [0.15, 0.2) is 11.6 Å². The van der Waals surface area contributed by atoms with E-state index in [-0.39, 0.29) is 27.5 Å². The Morgan fingerprint density at radius 3 is 2.21 bits per heavy atom. The van der Waals surface area contributed by atoms with Gasteiger partial charge in [0, 0.05) is 10.0 Å². The van der Waals surface area contributed by atoms with Crippen LogP contribution in [-0.2, 0) is 10.0 Å². The Morgan fingerprint density at radius 2 is 1.62 bits per heavy atom. The normalized spacial score (nSPS) is 15.2. The first-order chi connectivity index (χ1) is 13.5. The SMILES string of the molecule is CC(C)C(NS(=O)(=O)c1cccc(Br)c1)C1=CC(=O)c2c(O)ccc(O)c2C1=O. The van der Waals surface area contributed by atoms with Gasteiger partial charge in [0.25, 0.3) is 0 Å². The molecule has 0 spiro atoms. The number of aromatic hydroxyl groups is 2. The van der Waals surface area contributed by atoms with E-state index in [1.54, 1.807) is 26.0 Å². The molecule has 0 fully saturated rings. The van der Waals surface area contributed by atoms with Crippen LogP contribution < -0.4 is 4.72 Å². The lowest BCUT2D eigenvalue weighted by molar-refractivity contribution is 0.0971. The van der Waals surface area contributed by atoms with Crippen LogP contribution in [0.3, 0.4) is 0 Å². The van der Waals surface area contributed by atoms with Gasteiger partial charge < -0.3 is 10.2 Å². The van der Waals surface area contributed by atoms with Crippen LogP contribution >= 0.6 is 15.9 Å². The minimum atomic E-state index is -4.01. The third-order valence-electron chi connectivity index (χ3n) is 4.57. The number of carbonyl (C=O) groups is 2. The van der Waals surface area contributed by atoms with E-state index in [9.17, 15) is 28.2 Å². The highest BCUT2D eigenvalue weighted by Crippen LogP contribution is 2.36. The molecule has 0 saturated carbocycles. The summed E-state index contributed by atoms with van der Waals surface area (Å²) in [6.45, 7) is 3.40.